The molecule has 0 radical (unpaired) electrons. The Hall–Kier alpha value is -1.26. The van der Waals surface area contributed by atoms with E-state index in [-0.39, 0.29) is 6.04 Å². The maximum absolute atomic E-state index is 6.12. The summed E-state index contributed by atoms with van der Waals surface area (Å²) in [4.78, 5) is 4.27. The average molecular weight is 269 g/mol. The van der Waals surface area contributed by atoms with Crippen molar-refractivity contribution in [3.05, 3.63) is 39.8 Å². The van der Waals surface area contributed by atoms with Crippen LogP contribution in [-0.4, -0.2) is 12.1 Å². The number of thiazole rings is 1. The van der Waals surface area contributed by atoms with Gasteiger partial charge < -0.3 is 10.1 Å². The van der Waals surface area contributed by atoms with Crippen LogP contribution in [0, 0.1) is 0 Å². The highest BCUT2D eigenvalue weighted by atomic mass is 35.5. The van der Waals surface area contributed by atoms with E-state index in [1.807, 2.05) is 36.0 Å². The van der Waals surface area contributed by atoms with Gasteiger partial charge in [-0.15, -0.1) is 11.3 Å². The summed E-state index contributed by atoms with van der Waals surface area (Å²) in [6.07, 6.45) is 0. The van der Waals surface area contributed by atoms with Crippen LogP contribution in [-0.2, 0) is 0 Å². The topological polar surface area (TPSA) is 34.1 Å². The van der Waals surface area contributed by atoms with Crippen LogP contribution in [0.2, 0.25) is 5.02 Å². The molecule has 0 fully saturated rings. The lowest BCUT2D eigenvalue weighted by atomic mass is 10.2. The van der Waals surface area contributed by atoms with Gasteiger partial charge >= 0.3 is 0 Å². The molecule has 1 heterocycles. The normalized spacial score (nSPS) is 12.2. The van der Waals surface area contributed by atoms with Crippen molar-refractivity contribution in [1.29, 1.82) is 0 Å². The predicted molar refractivity (Wildman–Crippen MR) is 72.2 cm³/mol. The summed E-state index contributed by atoms with van der Waals surface area (Å²) in [5.74, 6) is 0.780. The number of aromatic nitrogens is 1. The highest BCUT2D eigenvalue weighted by Gasteiger charge is 2.10. The second kappa shape index (κ2) is 5.38. The van der Waals surface area contributed by atoms with Gasteiger partial charge in [0.1, 0.15) is 5.75 Å². The van der Waals surface area contributed by atoms with Gasteiger partial charge in [-0.05, 0) is 19.1 Å². The molecular formula is C12H13ClN2OS. The first-order valence-electron chi connectivity index (χ1n) is 5.19. The first kappa shape index (κ1) is 12.2. The Morgan fingerprint density at radius 2 is 2.29 bits per heavy atom. The number of nitrogens with one attached hydrogen (secondary N) is 1. The summed E-state index contributed by atoms with van der Waals surface area (Å²) in [6.45, 7) is 2.05. The molecule has 1 unspecified atom stereocenters. The van der Waals surface area contributed by atoms with Gasteiger partial charge in [-0.2, -0.15) is 0 Å². The summed E-state index contributed by atoms with van der Waals surface area (Å²) in [5, 5.41) is 6.01. The van der Waals surface area contributed by atoms with Crippen molar-refractivity contribution in [3.63, 3.8) is 0 Å². The zero-order chi connectivity index (χ0) is 12.3. The highest BCUT2D eigenvalue weighted by Crippen LogP contribution is 2.29. The third kappa shape index (κ3) is 2.90. The molecule has 17 heavy (non-hydrogen) atoms. The molecule has 90 valence electrons. The van der Waals surface area contributed by atoms with Gasteiger partial charge in [0, 0.05) is 11.4 Å². The summed E-state index contributed by atoms with van der Waals surface area (Å²) < 4.78 is 5.17. The molecule has 5 heteroatoms. The lowest BCUT2D eigenvalue weighted by Gasteiger charge is -2.15. The minimum atomic E-state index is 0.117. The Kier molecular flexibility index (Phi) is 3.86. The van der Waals surface area contributed by atoms with Crippen LogP contribution in [0.5, 0.6) is 5.75 Å². The number of methoxy groups -OCH3 is 1. The minimum Gasteiger partial charge on any atom is -0.497 e. The maximum Gasteiger partial charge on any atom is 0.121 e. The Labute approximate surface area is 109 Å². The molecule has 0 saturated heterocycles. The largest absolute Gasteiger partial charge is 0.497 e. The number of nitrogens with zero attached hydrogens (tertiary/aromatic N) is 1. The molecule has 0 spiro atoms. The second-order valence-corrected chi connectivity index (χ2v) is 4.75. The smallest absolute Gasteiger partial charge is 0.121 e. The van der Waals surface area contributed by atoms with Crippen LogP contribution in [0.25, 0.3) is 0 Å². The second-order valence-electron chi connectivity index (χ2n) is 3.63. The number of hydrogen-bond acceptors (Lipinski definition) is 4. The fourth-order valence-electron chi connectivity index (χ4n) is 1.48. The van der Waals surface area contributed by atoms with Gasteiger partial charge in [-0.1, -0.05) is 11.6 Å². The van der Waals surface area contributed by atoms with E-state index in [1.165, 1.54) is 0 Å². The fraction of sp³-hybridized carbons (Fsp3) is 0.250. The third-order valence-electron chi connectivity index (χ3n) is 2.44. The lowest BCUT2D eigenvalue weighted by molar-refractivity contribution is 0.415. The van der Waals surface area contributed by atoms with Crippen molar-refractivity contribution in [3.8, 4) is 5.75 Å². The Morgan fingerprint density at radius 1 is 1.47 bits per heavy atom. The van der Waals surface area contributed by atoms with Crippen LogP contribution in [0.3, 0.4) is 0 Å². The standard InChI is InChI=1S/C12H13ClN2OS/c1-8(12-6-17-7-14-12)15-11-5-9(16-2)3-4-10(11)13/h3-8,15H,1-2H3. The van der Waals surface area contributed by atoms with Crippen LogP contribution in [0.4, 0.5) is 5.69 Å². The first-order valence-corrected chi connectivity index (χ1v) is 6.51. The van der Waals surface area contributed by atoms with E-state index in [1.54, 1.807) is 18.4 Å². The molecule has 3 nitrogen and oxygen atoms in total. The molecule has 1 N–H and O–H groups in total. The first-order chi connectivity index (χ1) is 8.20. The molecule has 1 atom stereocenters. The van der Waals surface area contributed by atoms with E-state index in [9.17, 15) is 0 Å². The quantitative estimate of drug-likeness (QED) is 0.911. The van der Waals surface area contributed by atoms with E-state index in [4.69, 9.17) is 16.3 Å². The van der Waals surface area contributed by atoms with Gasteiger partial charge in [0.05, 0.1) is 35.1 Å². The van der Waals surface area contributed by atoms with Gasteiger partial charge in [0.15, 0.2) is 0 Å². The molecule has 0 aliphatic carbocycles. The monoisotopic (exact) mass is 268 g/mol. The van der Waals surface area contributed by atoms with Crippen molar-refractivity contribution in [2.45, 2.75) is 13.0 Å². The van der Waals surface area contributed by atoms with Gasteiger partial charge in [-0.3, -0.25) is 0 Å². The number of anilines is 1. The molecule has 1 aromatic heterocycles. The summed E-state index contributed by atoms with van der Waals surface area (Å²) in [6, 6.07) is 5.65. The lowest BCUT2D eigenvalue weighted by Crippen LogP contribution is -2.07. The number of rotatable bonds is 4. The molecule has 0 amide bonds. The van der Waals surface area contributed by atoms with Crippen LogP contribution >= 0.6 is 22.9 Å². The Bertz CT molecular complexity index is 487. The molecule has 0 bridgehead atoms. The minimum absolute atomic E-state index is 0.117. The predicted octanol–water partition coefficient (Wildman–Crippen LogP) is 3.98. The van der Waals surface area contributed by atoms with Crippen LogP contribution in [0.15, 0.2) is 29.1 Å². The zero-order valence-corrected chi connectivity index (χ0v) is 11.2. The average Bonchev–Trinajstić information content (AvgIpc) is 2.85. The van der Waals surface area contributed by atoms with Gasteiger partial charge in [0.25, 0.3) is 0 Å². The van der Waals surface area contributed by atoms with E-state index in [2.05, 4.69) is 10.3 Å². The molecule has 0 aliphatic rings. The van der Waals surface area contributed by atoms with E-state index in [0.717, 1.165) is 17.1 Å². The summed E-state index contributed by atoms with van der Waals surface area (Å²) in [5.41, 5.74) is 3.68. The number of hydrogen-bond donors (Lipinski definition) is 1. The van der Waals surface area contributed by atoms with Crippen molar-refractivity contribution in [1.82, 2.24) is 4.98 Å². The number of ether oxygens (including phenoxy) is 1. The molecule has 0 aliphatic heterocycles. The molecular weight excluding hydrogens is 256 g/mol. The van der Waals surface area contributed by atoms with Crippen molar-refractivity contribution >= 4 is 28.6 Å². The Morgan fingerprint density at radius 3 is 2.94 bits per heavy atom. The zero-order valence-electron chi connectivity index (χ0n) is 9.61. The van der Waals surface area contributed by atoms with Crippen molar-refractivity contribution in [2.75, 3.05) is 12.4 Å². The van der Waals surface area contributed by atoms with Crippen LogP contribution < -0.4 is 10.1 Å². The van der Waals surface area contributed by atoms with E-state index in [0.29, 0.717) is 5.02 Å². The van der Waals surface area contributed by atoms with Crippen molar-refractivity contribution < 1.29 is 4.74 Å². The summed E-state index contributed by atoms with van der Waals surface area (Å²) in [7, 11) is 1.64. The molecule has 2 rings (SSSR count). The van der Waals surface area contributed by atoms with Crippen molar-refractivity contribution in [2.24, 2.45) is 0 Å². The van der Waals surface area contributed by atoms with E-state index >= 15 is 0 Å². The Balaban J connectivity index is 2.18. The van der Waals surface area contributed by atoms with Crippen LogP contribution in [0.1, 0.15) is 18.7 Å². The number of benzene rings is 1. The molecule has 0 saturated carbocycles. The number of halogens is 1. The van der Waals surface area contributed by atoms with Gasteiger partial charge in [-0.25, -0.2) is 4.98 Å². The van der Waals surface area contributed by atoms with Gasteiger partial charge in [0.2, 0.25) is 0 Å². The SMILES string of the molecule is COc1ccc(Cl)c(NC(C)c2cscn2)c1. The third-order valence-corrected chi connectivity index (χ3v) is 3.37. The highest BCUT2D eigenvalue weighted by molar-refractivity contribution is 7.07. The molecule has 1 aromatic carbocycles. The molecule has 2 aromatic rings. The maximum atomic E-state index is 6.12. The summed E-state index contributed by atoms with van der Waals surface area (Å²) >= 11 is 7.70. The van der Waals surface area contributed by atoms with E-state index < -0.39 is 0 Å². The fourth-order valence-corrected chi connectivity index (χ4v) is 2.30.